The second-order valence-corrected chi connectivity index (χ2v) is 4.79. The molecule has 7 heteroatoms. The number of nitrogens with zero attached hydrogens (tertiary/aromatic N) is 3. The second-order valence-electron chi connectivity index (χ2n) is 4.79. The van der Waals surface area contributed by atoms with Crippen molar-refractivity contribution in [2.75, 3.05) is 31.6 Å². The predicted octanol–water partition coefficient (Wildman–Crippen LogP) is 2.18. The molecule has 0 aliphatic heterocycles. The number of likely N-dealkylation sites (N-methyl/N-ethyl adjacent to an activating group) is 1. The van der Waals surface area contributed by atoms with E-state index in [1.54, 1.807) is 11.9 Å². The summed E-state index contributed by atoms with van der Waals surface area (Å²) >= 11 is 0. The molecule has 0 aliphatic carbocycles. The number of rotatable bonds is 6. The zero-order valence-electron chi connectivity index (χ0n) is 11.3. The summed E-state index contributed by atoms with van der Waals surface area (Å²) in [6.45, 7) is 6.53. The summed E-state index contributed by atoms with van der Waals surface area (Å²) in [5.41, 5.74) is -0.970. The van der Waals surface area contributed by atoms with Crippen molar-refractivity contribution < 1.29 is 13.2 Å². The fourth-order valence-electron chi connectivity index (χ4n) is 1.43. The summed E-state index contributed by atoms with van der Waals surface area (Å²) in [5, 5.41) is 10.0. The molecule has 0 saturated carbocycles. The Morgan fingerprint density at radius 1 is 1.26 bits per heavy atom. The van der Waals surface area contributed by atoms with Gasteiger partial charge in [0, 0.05) is 20.1 Å². The van der Waals surface area contributed by atoms with E-state index in [9.17, 15) is 13.2 Å². The normalized spacial score (nSPS) is 11.9. The highest BCUT2D eigenvalue weighted by Crippen LogP contribution is 2.27. The van der Waals surface area contributed by atoms with Crippen LogP contribution in [0.2, 0.25) is 0 Å². The van der Waals surface area contributed by atoms with E-state index in [2.05, 4.69) is 29.4 Å². The van der Waals surface area contributed by atoms with Crippen LogP contribution in [0.1, 0.15) is 19.5 Å². The van der Waals surface area contributed by atoms with Crippen molar-refractivity contribution in [2.45, 2.75) is 20.0 Å². The molecule has 1 rings (SSSR count). The highest BCUT2D eigenvalue weighted by Gasteiger charge is 2.32. The molecule has 1 N–H and O–H groups in total. The van der Waals surface area contributed by atoms with Crippen LogP contribution in [-0.2, 0) is 6.18 Å². The monoisotopic (exact) mass is 276 g/mol. The third-order valence-electron chi connectivity index (χ3n) is 2.51. The van der Waals surface area contributed by atoms with Gasteiger partial charge in [0.1, 0.15) is 0 Å². The van der Waals surface area contributed by atoms with Gasteiger partial charge < -0.3 is 10.2 Å². The average molecular weight is 276 g/mol. The van der Waals surface area contributed by atoms with Gasteiger partial charge in [0.05, 0.1) is 0 Å². The molecule has 19 heavy (non-hydrogen) atoms. The van der Waals surface area contributed by atoms with Gasteiger partial charge in [-0.25, -0.2) is 0 Å². The Morgan fingerprint density at radius 2 is 1.95 bits per heavy atom. The van der Waals surface area contributed by atoms with E-state index >= 15 is 0 Å². The van der Waals surface area contributed by atoms with Crippen molar-refractivity contribution in [3.8, 4) is 0 Å². The molecule has 0 radical (unpaired) electrons. The Labute approximate surface area is 111 Å². The van der Waals surface area contributed by atoms with Crippen LogP contribution in [-0.4, -0.2) is 36.9 Å². The first-order valence-electron chi connectivity index (χ1n) is 6.13. The molecule has 0 bridgehead atoms. The Hall–Kier alpha value is -1.37. The van der Waals surface area contributed by atoms with Gasteiger partial charge in [-0.15, -0.1) is 10.2 Å². The molecule has 4 nitrogen and oxygen atoms in total. The van der Waals surface area contributed by atoms with Crippen molar-refractivity contribution in [3.05, 3.63) is 17.8 Å². The number of hydrogen-bond donors (Lipinski definition) is 1. The Balaban J connectivity index is 2.47. The molecule has 1 aromatic rings. The van der Waals surface area contributed by atoms with E-state index in [0.29, 0.717) is 18.3 Å². The largest absolute Gasteiger partial charge is 0.435 e. The van der Waals surface area contributed by atoms with Crippen LogP contribution < -0.4 is 10.2 Å². The number of halogens is 3. The third-order valence-corrected chi connectivity index (χ3v) is 2.51. The molecule has 0 unspecified atom stereocenters. The zero-order valence-corrected chi connectivity index (χ0v) is 11.3. The number of alkyl halides is 3. The summed E-state index contributed by atoms with van der Waals surface area (Å²) in [7, 11) is 1.77. The van der Waals surface area contributed by atoms with Crippen molar-refractivity contribution >= 4 is 5.82 Å². The highest BCUT2D eigenvalue weighted by atomic mass is 19.4. The summed E-state index contributed by atoms with van der Waals surface area (Å²) in [6, 6.07) is 2.28. The minimum atomic E-state index is -4.44. The maximum absolute atomic E-state index is 12.3. The van der Waals surface area contributed by atoms with E-state index in [1.807, 2.05) is 0 Å². The smallest absolute Gasteiger partial charge is 0.357 e. The number of anilines is 1. The Bertz CT molecular complexity index is 376. The van der Waals surface area contributed by atoms with Crippen LogP contribution in [0.3, 0.4) is 0 Å². The molecule has 1 aromatic heterocycles. The number of nitrogens with one attached hydrogen (secondary N) is 1. The number of aromatic nitrogens is 2. The molecular weight excluding hydrogens is 257 g/mol. The highest BCUT2D eigenvalue weighted by molar-refractivity contribution is 5.36. The first kappa shape index (κ1) is 15.7. The molecule has 0 fully saturated rings. The van der Waals surface area contributed by atoms with Gasteiger partial charge in [0.25, 0.3) is 0 Å². The minimum Gasteiger partial charge on any atom is -0.357 e. The molecular formula is C12H19F3N4. The van der Waals surface area contributed by atoms with Gasteiger partial charge >= 0.3 is 6.18 Å². The molecule has 0 amide bonds. The number of hydrogen-bond acceptors (Lipinski definition) is 4. The molecule has 0 saturated heterocycles. The lowest BCUT2D eigenvalue weighted by atomic mass is 10.2. The predicted molar refractivity (Wildman–Crippen MR) is 68.0 cm³/mol. The maximum atomic E-state index is 12.3. The summed E-state index contributed by atoms with van der Waals surface area (Å²) in [4.78, 5) is 1.76. The van der Waals surface area contributed by atoms with E-state index < -0.39 is 11.9 Å². The first-order valence-corrected chi connectivity index (χ1v) is 6.13. The molecule has 108 valence electrons. The Kier molecular flexibility index (Phi) is 5.53. The molecule has 0 aliphatic rings. The van der Waals surface area contributed by atoms with E-state index in [4.69, 9.17) is 0 Å². The van der Waals surface area contributed by atoms with Crippen molar-refractivity contribution in [3.63, 3.8) is 0 Å². The van der Waals surface area contributed by atoms with E-state index in [0.717, 1.165) is 19.2 Å². The fraction of sp³-hybridized carbons (Fsp3) is 0.667. The van der Waals surface area contributed by atoms with Crippen molar-refractivity contribution in [1.82, 2.24) is 15.5 Å². The van der Waals surface area contributed by atoms with Crippen LogP contribution in [0.15, 0.2) is 12.1 Å². The SMILES string of the molecule is CC(C)CNCCN(C)c1ccc(C(F)(F)F)nn1. The van der Waals surface area contributed by atoms with Gasteiger partial charge in [-0.2, -0.15) is 13.2 Å². The average Bonchev–Trinajstić information content (AvgIpc) is 2.33. The van der Waals surface area contributed by atoms with E-state index in [1.165, 1.54) is 6.07 Å². The third kappa shape index (κ3) is 5.42. The standard InChI is InChI=1S/C12H19F3N4/c1-9(2)8-16-6-7-19(3)11-5-4-10(17-18-11)12(13,14)15/h4-5,9,16H,6-8H2,1-3H3. The van der Waals surface area contributed by atoms with Crippen LogP contribution in [0.5, 0.6) is 0 Å². The minimum absolute atomic E-state index is 0.430. The van der Waals surface area contributed by atoms with Crippen LogP contribution in [0.4, 0.5) is 19.0 Å². The summed E-state index contributed by atoms with van der Waals surface area (Å²) < 4.78 is 37.0. The Morgan fingerprint density at radius 3 is 2.42 bits per heavy atom. The molecule has 1 heterocycles. The lowest BCUT2D eigenvalue weighted by molar-refractivity contribution is -0.141. The van der Waals surface area contributed by atoms with Gasteiger partial charge in [-0.3, -0.25) is 0 Å². The molecule has 0 spiro atoms. The van der Waals surface area contributed by atoms with Crippen molar-refractivity contribution in [1.29, 1.82) is 0 Å². The van der Waals surface area contributed by atoms with Crippen LogP contribution in [0, 0.1) is 5.92 Å². The second kappa shape index (κ2) is 6.70. The quantitative estimate of drug-likeness (QED) is 0.809. The van der Waals surface area contributed by atoms with Crippen molar-refractivity contribution in [2.24, 2.45) is 5.92 Å². The van der Waals surface area contributed by atoms with Gasteiger partial charge in [-0.1, -0.05) is 13.8 Å². The lowest BCUT2D eigenvalue weighted by Gasteiger charge is -2.18. The summed E-state index contributed by atoms with van der Waals surface area (Å²) in [5.74, 6) is 0.996. The summed E-state index contributed by atoms with van der Waals surface area (Å²) in [6.07, 6.45) is -4.44. The van der Waals surface area contributed by atoms with Gasteiger partial charge in [-0.05, 0) is 24.6 Å². The van der Waals surface area contributed by atoms with Gasteiger partial charge in [0.15, 0.2) is 11.5 Å². The first-order chi connectivity index (χ1) is 8.80. The maximum Gasteiger partial charge on any atom is 0.435 e. The van der Waals surface area contributed by atoms with Crippen LogP contribution in [0.25, 0.3) is 0 Å². The van der Waals surface area contributed by atoms with Crippen LogP contribution >= 0.6 is 0 Å². The molecule has 0 aromatic carbocycles. The zero-order chi connectivity index (χ0) is 14.5. The molecule has 0 atom stereocenters. The van der Waals surface area contributed by atoms with Gasteiger partial charge in [0.2, 0.25) is 0 Å². The topological polar surface area (TPSA) is 41.0 Å². The van der Waals surface area contributed by atoms with E-state index in [-0.39, 0.29) is 0 Å². The lowest BCUT2D eigenvalue weighted by Crippen LogP contribution is -2.31. The fourth-order valence-corrected chi connectivity index (χ4v) is 1.43.